The van der Waals surface area contributed by atoms with Gasteiger partial charge in [-0.05, 0) is 53.8 Å². The molecule has 3 rings (SSSR count). The summed E-state index contributed by atoms with van der Waals surface area (Å²) in [5.74, 6) is 1.22. The first-order chi connectivity index (χ1) is 13.2. The van der Waals surface area contributed by atoms with Crippen LogP contribution in [0.3, 0.4) is 0 Å². The molecule has 0 radical (unpaired) electrons. The molecular formula is C21H22Cl3NO2S. The highest BCUT2D eigenvalue weighted by molar-refractivity contribution is 7.09. The van der Waals surface area contributed by atoms with Crippen molar-refractivity contribution in [3.05, 3.63) is 80.0 Å². The SMILES string of the molecule is CCOc1cc(CNCc2cccs2)cc(Cl)c1OCc1ccc(Cl)cc1.Cl. The van der Waals surface area contributed by atoms with E-state index in [4.69, 9.17) is 32.7 Å². The molecular weight excluding hydrogens is 437 g/mol. The molecule has 150 valence electrons. The molecule has 1 N–H and O–H groups in total. The zero-order valence-corrected chi connectivity index (χ0v) is 18.6. The van der Waals surface area contributed by atoms with Crippen LogP contribution in [0.4, 0.5) is 0 Å². The second-order valence-corrected chi connectivity index (χ2v) is 7.81. The Balaban J connectivity index is 0.00000280. The van der Waals surface area contributed by atoms with Crippen molar-refractivity contribution in [2.24, 2.45) is 0 Å². The van der Waals surface area contributed by atoms with E-state index in [9.17, 15) is 0 Å². The van der Waals surface area contributed by atoms with Crippen molar-refractivity contribution in [2.75, 3.05) is 6.61 Å². The molecule has 1 heterocycles. The van der Waals surface area contributed by atoms with Crippen LogP contribution in [-0.2, 0) is 19.7 Å². The molecule has 0 spiro atoms. The summed E-state index contributed by atoms with van der Waals surface area (Å²) in [5, 5.41) is 6.75. The minimum atomic E-state index is 0. The molecule has 0 saturated carbocycles. The van der Waals surface area contributed by atoms with Crippen LogP contribution in [0.15, 0.2) is 53.9 Å². The van der Waals surface area contributed by atoms with E-state index < -0.39 is 0 Å². The summed E-state index contributed by atoms with van der Waals surface area (Å²) < 4.78 is 11.7. The molecule has 0 amide bonds. The Hall–Kier alpha value is -1.43. The molecule has 3 nitrogen and oxygen atoms in total. The van der Waals surface area contributed by atoms with Crippen LogP contribution in [0.5, 0.6) is 11.5 Å². The van der Waals surface area contributed by atoms with E-state index >= 15 is 0 Å². The summed E-state index contributed by atoms with van der Waals surface area (Å²) >= 11 is 14.2. The van der Waals surface area contributed by atoms with Gasteiger partial charge in [-0.2, -0.15) is 0 Å². The zero-order chi connectivity index (χ0) is 19.1. The van der Waals surface area contributed by atoms with Crippen LogP contribution in [-0.4, -0.2) is 6.61 Å². The predicted molar refractivity (Wildman–Crippen MR) is 121 cm³/mol. The van der Waals surface area contributed by atoms with Gasteiger partial charge in [0.05, 0.1) is 11.6 Å². The monoisotopic (exact) mass is 457 g/mol. The van der Waals surface area contributed by atoms with Crippen LogP contribution in [0.1, 0.15) is 22.9 Å². The van der Waals surface area contributed by atoms with Gasteiger partial charge in [0.1, 0.15) is 6.61 Å². The van der Waals surface area contributed by atoms with Gasteiger partial charge in [0.25, 0.3) is 0 Å². The average Bonchev–Trinajstić information content (AvgIpc) is 3.16. The van der Waals surface area contributed by atoms with Crippen LogP contribution in [0, 0.1) is 0 Å². The van der Waals surface area contributed by atoms with Crippen molar-refractivity contribution >= 4 is 46.9 Å². The molecule has 1 aromatic heterocycles. The molecule has 0 atom stereocenters. The highest BCUT2D eigenvalue weighted by Crippen LogP contribution is 2.37. The van der Waals surface area contributed by atoms with Crippen LogP contribution in [0.2, 0.25) is 10.0 Å². The zero-order valence-electron chi connectivity index (χ0n) is 15.4. The van der Waals surface area contributed by atoms with Gasteiger partial charge >= 0.3 is 0 Å². The molecule has 2 aromatic carbocycles. The van der Waals surface area contributed by atoms with Gasteiger partial charge in [0, 0.05) is 23.0 Å². The molecule has 0 aliphatic heterocycles. The molecule has 0 aliphatic rings. The predicted octanol–water partition coefficient (Wildman–Crippen LogP) is 6.74. The van der Waals surface area contributed by atoms with E-state index in [0.717, 1.165) is 17.7 Å². The molecule has 0 saturated heterocycles. The Bertz CT molecular complexity index is 855. The summed E-state index contributed by atoms with van der Waals surface area (Å²) in [6, 6.07) is 15.6. The number of hydrogen-bond donors (Lipinski definition) is 1. The van der Waals surface area contributed by atoms with Gasteiger partial charge < -0.3 is 14.8 Å². The minimum Gasteiger partial charge on any atom is -0.490 e. The highest BCUT2D eigenvalue weighted by atomic mass is 35.5. The van der Waals surface area contributed by atoms with Crippen LogP contribution < -0.4 is 14.8 Å². The summed E-state index contributed by atoms with van der Waals surface area (Å²) in [5.41, 5.74) is 2.07. The van der Waals surface area contributed by atoms with Crippen molar-refractivity contribution in [2.45, 2.75) is 26.6 Å². The molecule has 0 fully saturated rings. The second kappa shape index (κ2) is 11.5. The van der Waals surface area contributed by atoms with Gasteiger partial charge in [-0.1, -0.05) is 41.4 Å². The number of halogens is 3. The van der Waals surface area contributed by atoms with Gasteiger partial charge in [-0.3, -0.25) is 0 Å². The normalized spacial score (nSPS) is 10.4. The Morgan fingerprint density at radius 3 is 2.43 bits per heavy atom. The summed E-state index contributed by atoms with van der Waals surface area (Å²) in [6.07, 6.45) is 0. The lowest BCUT2D eigenvalue weighted by atomic mass is 10.2. The van der Waals surface area contributed by atoms with Gasteiger partial charge in [-0.25, -0.2) is 0 Å². The molecule has 28 heavy (non-hydrogen) atoms. The van der Waals surface area contributed by atoms with E-state index in [0.29, 0.717) is 41.3 Å². The van der Waals surface area contributed by atoms with Gasteiger partial charge in [0.2, 0.25) is 0 Å². The lowest BCUT2D eigenvalue weighted by molar-refractivity contribution is 0.269. The molecule has 7 heteroatoms. The topological polar surface area (TPSA) is 30.5 Å². The smallest absolute Gasteiger partial charge is 0.180 e. The fourth-order valence-corrected chi connectivity index (χ4v) is 3.69. The van der Waals surface area contributed by atoms with Crippen molar-refractivity contribution in [3.8, 4) is 11.5 Å². The van der Waals surface area contributed by atoms with Crippen molar-refractivity contribution in [1.29, 1.82) is 0 Å². The largest absolute Gasteiger partial charge is 0.490 e. The Kier molecular flexibility index (Phi) is 9.42. The van der Waals surface area contributed by atoms with E-state index in [1.54, 1.807) is 11.3 Å². The maximum Gasteiger partial charge on any atom is 0.180 e. The summed E-state index contributed by atoms with van der Waals surface area (Å²) in [4.78, 5) is 1.30. The third-order valence-electron chi connectivity index (χ3n) is 3.87. The third kappa shape index (κ3) is 6.57. The Morgan fingerprint density at radius 2 is 1.75 bits per heavy atom. The van der Waals surface area contributed by atoms with Crippen LogP contribution in [0.25, 0.3) is 0 Å². The van der Waals surface area contributed by atoms with Crippen molar-refractivity contribution in [3.63, 3.8) is 0 Å². The van der Waals surface area contributed by atoms with E-state index in [-0.39, 0.29) is 12.4 Å². The first-order valence-electron chi connectivity index (χ1n) is 8.71. The molecule has 0 bridgehead atoms. The molecule has 0 aliphatic carbocycles. The van der Waals surface area contributed by atoms with Crippen molar-refractivity contribution < 1.29 is 9.47 Å². The van der Waals surface area contributed by atoms with E-state index in [1.165, 1.54) is 4.88 Å². The highest BCUT2D eigenvalue weighted by Gasteiger charge is 2.13. The third-order valence-corrected chi connectivity index (χ3v) is 5.28. The fourth-order valence-electron chi connectivity index (χ4n) is 2.61. The Labute approximate surface area is 186 Å². The maximum absolute atomic E-state index is 6.49. The summed E-state index contributed by atoms with van der Waals surface area (Å²) in [6.45, 7) is 4.41. The quantitative estimate of drug-likeness (QED) is 0.385. The van der Waals surface area contributed by atoms with Gasteiger partial charge in [0.15, 0.2) is 11.5 Å². The fraction of sp³-hybridized carbons (Fsp3) is 0.238. The number of hydrogen-bond acceptors (Lipinski definition) is 4. The lowest BCUT2D eigenvalue weighted by Gasteiger charge is -2.16. The standard InChI is InChI=1S/C21H21Cl2NO2S.ClH/c1-2-25-20-11-16(12-24-13-18-4-3-9-27-18)10-19(23)21(20)26-14-15-5-7-17(22)8-6-15;/h3-11,24H,2,12-14H2,1H3;1H. The molecule has 0 unspecified atom stereocenters. The second-order valence-electron chi connectivity index (χ2n) is 5.94. The number of thiophene rings is 1. The minimum absolute atomic E-state index is 0. The van der Waals surface area contributed by atoms with Gasteiger partial charge in [-0.15, -0.1) is 23.7 Å². The first-order valence-corrected chi connectivity index (χ1v) is 10.3. The summed E-state index contributed by atoms with van der Waals surface area (Å²) in [7, 11) is 0. The number of ether oxygens (including phenoxy) is 2. The van der Waals surface area contributed by atoms with E-state index in [2.05, 4.69) is 22.8 Å². The molecule has 3 aromatic rings. The van der Waals surface area contributed by atoms with Crippen LogP contribution >= 0.6 is 46.9 Å². The van der Waals surface area contributed by atoms with Crippen molar-refractivity contribution in [1.82, 2.24) is 5.32 Å². The lowest BCUT2D eigenvalue weighted by Crippen LogP contribution is -2.12. The maximum atomic E-state index is 6.49. The van der Waals surface area contributed by atoms with E-state index in [1.807, 2.05) is 43.3 Å². The number of nitrogens with one attached hydrogen (secondary N) is 1. The number of benzene rings is 2. The number of rotatable bonds is 9. The average molecular weight is 459 g/mol. The first kappa shape index (κ1) is 22.9. The Morgan fingerprint density at radius 1 is 0.964 bits per heavy atom.